The van der Waals surface area contributed by atoms with E-state index in [2.05, 4.69) is 36.4 Å². The van der Waals surface area contributed by atoms with Crippen LogP contribution in [0.2, 0.25) is 0 Å². The highest BCUT2D eigenvalue weighted by atomic mass is 35.5. The van der Waals surface area contributed by atoms with Gasteiger partial charge in [0.25, 0.3) is 0 Å². The lowest BCUT2D eigenvalue weighted by Gasteiger charge is -2.40. The summed E-state index contributed by atoms with van der Waals surface area (Å²) in [6, 6.07) is 7.23. The Hall–Kier alpha value is -1.83. The summed E-state index contributed by atoms with van der Waals surface area (Å²) in [6.07, 6.45) is 3.10. The number of nitrogens with zero attached hydrogens (tertiary/aromatic N) is 4. The molecule has 2 bridgehead atoms. The molecule has 2 aromatic rings. The van der Waals surface area contributed by atoms with E-state index in [0.717, 1.165) is 19.3 Å². The average molecular weight is 471 g/mol. The molecule has 0 saturated heterocycles. The molecule has 2 aliphatic carbocycles. The molecule has 3 unspecified atom stereocenters. The van der Waals surface area contributed by atoms with Crippen LogP contribution >= 0.6 is 34.8 Å². The van der Waals surface area contributed by atoms with Crippen molar-refractivity contribution in [2.45, 2.75) is 46.1 Å². The largest absolute Gasteiger partial charge is 0.361 e. The number of rotatable bonds is 5. The number of hydrogen-bond donors (Lipinski definition) is 1. The third kappa shape index (κ3) is 3.10. The van der Waals surface area contributed by atoms with Gasteiger partial charge in [-0.3, -0.25) is 10.1 Å². The Labute approximate surface area is 189 Å². The van der Waals surface area contributed by atoms with Crippen LogP contribution in [0.15, 0.2) is 39.5 Å². The van der Waals surface area contributed by atoms with Gasteiger partial charge in [-0.15, -0.1) is 5.10 Å². The second kappa shape index (κ2) is 7.39. The van der Waals surface area contributed by atoms with Crippen molar-refractivity contribution >= 4 is 51.7 Å². The number of halogens is 3. The standard InChI is InChI=1S/C20H22Cl3N5O2/c1-19(2)11-8-9-20(19,3)14(10-11)24-18(16(28(29)30)15(21)17(22)23)27-13-7-5-4-6-12(13)25-26-27/h4-7,11,14,24H,8-10H2,1-3H3/b18-16+. The summed E-state index contributed by atoms with van der Waals surface area (Å²) >= 11 is 17.9. The number of fused-ring (bicyclic) bond motifs is 3. The molecule has 30 heavy (non-hydrogen) atoms. The molecular weight excluding hydrogens is 449 g/mol. The van der Waals surface area contributed by atoms with Crippen LogP contribution < -0.4 is 5.32 Å². The van der Waals surface area contributed by atoms with Gasteiger partial charge in [-0.1, -0.05) is 72.9 Å². The Morgan fingerprint density at radius 2 is 1.97 bits per heavy atom. The predicted octanol–water partition coefficient (Wildman–Crippen LogP) is 5.52. The summed E-state index contributed by atoms with van der Waals surface area (Å²) in [5.41, 5.74) is 0.857. The van der Waals surface area contributed by atoms with Gasteiger partial charge < -0.3 is 5.32 Å². The molecule has 10 heteroatoms. The summed E-state index contributed by atoms with van der Waals surface area (Å²) < 4.78 is 1.03. The second-order valence-electron chi connectivity index (χ2n) is 8.83. The molecular formula is C20H22Cl3N5O2. The quantitative estimate of drug-likeness (QED) is 0.353. The average Bonchev–Trinajstić information content (AvgIpc) is 3.26. The monoisotopic (exact) mass is 469 g/mol. The van der Waals surface area contributed by atoms with Gasteiger partial charge in [-0.05, 0) is 48.1 Å². The molecule has 160 valence electrons. The van der Waals surface area contributed by atoms with Crippen molar-refractivity contribution in [3.05, 3.63) is 49.6 Å². The predicted molar refractivity (Wildman–Crippen MR) is 118 cm³/mol. The zero-order valence-electron chi connectivity index (χ0n) is 16.8. The highest BCUT2D eigenvalue weighted by Crippen LogP contribution is 2.65. The molecule has 0 radical (unpaired) electrons. The third-order valence-corrected chi connectivity index (χ3v) is 8.39. The zero-order chi connectivity index (χ0) is 21.8. The maximum absolute atomic E-state index is 12.1. The smallest absolute Gasteiger partial charge is 0.332 e. The normalized spacial score (nSPS) is 27.8. The molecule has 0 aliphatic heterocycles. The van der Waals surface area contributed by atoms with Crippen molar-refractivity contribution in [2.75, 3.05) is 0 Å². The van der Waals surface area contributed by atoms with Crippen LogP contribution in [0.5, 0.6) is 0 Å². The summed E-state index contributed by atoms with van der Waals surface area (Å²) in [7, 11) is 0. The number of para-hydroxylation sites is 1. The fourth-order valence-corrected chi connectivity index (χ4v) is 5.55. The van der Waals surface area contributed by atoms with E-state index in [4.69, 9.17) is 34.8 Å². The lowest BCUT2D eigenvalue weighted by Crippen LogP contribution is -2.45. The van der Waals surface area contributed by atoms with Gasteiger partial charge in [0.2, 0.25) is 5.82 Å². The van der Waals surface area contributed by atoms with E-state index in [1.807, 2.05) is 12.1 Å². The molecule has 2 saturated carbocycles. The summed E-state index contributed by atoms with van der Waals surface area (Å²) in [5, 5.41) is 23.5. The Balaban J connectivity index is 1.91. The minimum atomic E-state index is -0.591. The maximum atomic E-state index is 12.1. The molecule has 1 aromatic heterocycles. The fourth-order valence-electron chi connectivity index (χ4n) is 5.21. The first-order valence-electron chi connectivity index (χ1n) is 9.75. The van der Waals surface area contributed by atoms with Crippen LogP contribution in [0.4, 0.5) is 0 Å². The molecule has 4 rings (SSSR count). The van der Waals surface area contributed by atoms with Crippen molar-refractivity contribution in [3.8, 4) is 0 Å². The third-order valence-electron chi connectivity index (χ3n) is 7.45. The Morgan fingerprint density at radius 3 is 2.53 bits per heavy atom. The number of nitrogens with one attached hydrogen (secondary N) is 1. The van der Waals surface area contributed by atoms with Gasteiger partial charge in [0.15, 0.2) is 5.03 Å². The van der Waals surface area contributed by atoms with E-state index >= 15 is 0 Å². The molecule has 2 aliphatic rings. The number of allylic oxidation sites excluding steroid dienone is 1. The van der Waals surface area contributed by atoms with Crippen LogP contribution in [-0.4, -0.2) is 26.0 Å². The Kier molecular flexibility index (Phi) is 5.27. The first-order valence-corrected chi connectivity index (χ1v) is 10.9. The van der Waals surface area contributed by atoms with E-state index in [1.54, 1.807) is 12.1 Å². The highest BCUT2D eigenvalue weighted by Gasteiger charge is 2.61. The highest BCUT2D eigenvalue weighted by molar-refractivity contribution is 6.59. The first kappa shape index (κ1) is 21.4. The second-order valence-corrected chi connectivity index (χ2v) is 10.2. The van der Waals surface area contributed by atoms with Gasteiger partial charge >= 0.3 is 5.70 Å². The lowest BCUT2D eigenvalue weighted by atomic mass is 9.69. The Bertz CT molecular complexity index is 1090. The molecule has 1 aromatic carbocycles. The molecule has 1 heterocycles. The SMILES string of the molecule is CC1(C)C2CCC1(C)C(N/C(=C(/C(Cl)=C(Cl)Cl)[N+](=O)[O-])n1nnc3ccccc31)C2. The van der Waals surface area contributed by atoms with Gasteiger partial charge in [0.1, 0.15) is 10.0 Å². The number of nitro groups is 1. The first-order chi connectivity index (χ1) is 14.1. The van der Waals surface area contributed by atoms with E-state index in [9.17, 15) is 10.1 Å². The van der Waals surface area contributed by atoms with Crippen molar-refractivity contribution in [1.29, 1.82) is 0 Å². The summed E-state index contributed by atoms with van der Waals surface area (Å²) in [4.78, 5) is 11.5. The maximum Gasteiger partial charge on any atom is 0.332 e. The van der Waals surface area contributed by atoms with Crippen molar-refractivity contribution in [1.82, 2.24) is 20.3 Å². The minimum Gasteiger partial charge on any atom is -0.361 e. The summed E-state index contributed by atoms with van der Waals surface area (Å²) in [5.74, 6) is 0.655. The van der Waals surface area contributed by atoms with Crippen LogP contribution in [0.25, 0.3) is 16.9 Å². The van der Waals surface area contributed by atoms with Crippen LogP contribution in [0.1, 0.15) is 40.0 Å². The van der Waals surface area contributed by atoms with Crippen LogP contribution in [0.3, 0.4) is 0 Å². The van der Waals surface area contributed by atoms with Crippen molar-refractivity contribution in [2.24, 2.45) is 16.7 Å². The Morgan fingerprint density at radius 1 is 1.27 bits per heavy atom. The number of aromatic nitrogens is 3. The minimum absolute atomic E-state index is 0.00210. The van der Waals surface area contributed by atoms with Crippen LogP contribution in [0, 0.1) is 26.9 Å². The van der Waals surface area contributed by atoms with Crippen LogP contribution in [-0.2, 0) is 0 Å². The van der Waals surface area contributed by atoms with Gasteiger partial charge in [-0.2, -0.15) is 4.68 Å². The summed E-state index contributed by atoms with van der Waals surface area (Å²) in [6.45, 7) is 6.79. The topological polar surface area (TPSA) is 85.9 Å². The molecule has 2 fully saturated rings. The fraction of sp³-hybridized carbons (Fsp3) is 0.500. The van der Waals surface area contributed by atoms with E-state index in [0.29, 0.717) is 17.0 Å². The molecule has 0 amide bonds. The van der Waals surface area contributed by atoms with E-state index in [1.165, 1.54) is 4.68 Å². The number of hydrogen-bond acceptors (Lipinski definition) is 5. The van der Waals surface area contributed by atoms with Crippen molar-refractivity contribution < 1.29 is 4.92 Å². The molecule has 3 atom stereocenters. The molecule has 7 nitrogen and oxygen atoms in total. The van der Waals surface area contributed by atoms with Crippen molar-refractivity contribution in [3.63, 3.8) is 0 Å². The van der Waals surface area contributed by atoms with Gasteiger partial charge in [-0.25, -0.2) is 0 Å². The molecule has 1 N–H and O–H groups in total. The van der Waals surface area contributed by atoms with Gasteiger partial charge in [0.05, 0.1) is 10.4 Å². The van der Waals surface area contributed by atoms with Gasteiger partial charge in [0, 0.05) is 6.04 Å². The number of benzene rings is 1. The molecule has 0 spiro atoms. The zero-order valence-corrected chi connectivity index (χ0v) is 19.1. The van der Waals surface area contributed by atoms with E-state index < -0.39 is 10.6 Å². The lowest BCUT2D eigenvalue weighted by molar-refractivity contribution is -0.419. The van der Waals surface area contributed by atoms with E-state index in [-0.39, 0.29) is 32.2 Å².